The molecule has 1 aliphatic rings. The fourth-order valence-electron chi connectivity index (χ4n) is 8.15. The van der Waals surface area contributed by atoms with Gasteiger partial charge in [-0.15, -0.1) is 11.3 Å². The number of nitrogens with zero attached hydrogens (tertiary/aromatic N) is 2. The Bertz CT molecular complexity index is 2720. The first kappa shape index (κ1) is 29.1. The molecule has 0 amide bonds. The molecular formula is C47H34N2S. The van der Waals surface area contributed by atoms with Crippen molar-refractivity contribution in [1.29, 1.82) is 0 Å². The molecule has 2 nitrogen and oxygen atoms in total. The number of hydrogen-bond donors (Lipinski definition) is 0. The molecule has 2 heterocycles. The number of rotatable bonds is 5. The molecule has 0 unspecified atom stereocenters. The molecule has 0 fully saturated rings. The average molecular weight is 659 g/mol. The van der Waals surface area contributed by atoms with Crippen LogP contribution in [0.4, 0.5) is 17.1 Å². The summed E-state index contributed by atoms with van der Waals surface area (Å²) in [5.74, 6) is 0. The summed E-state index contributed by atoms with van der Waals surface area (Å²) in [4.78, 5) is 2.38. The Hall–Kier alpha value is -5.90. The highest BCUT2D eigenvalue weighted by Gasteiger charge is 2.35. The summed E-state index contributed by atoms with van der Waals surface area (Å²) in [6.07, 6.45) is 0. The molecule has 9 aromatic rings. The second-order valence-corrected chi connectivity index (χ2v) is 14.8. The molecule has 0 aliphatic heterocycles. The Morgan fingerprint density at radius 2 is 1.14 bits per heavy atom. The van der Waals surface area contributed by atoms with Crippen molar-refractivity contribution < 1.29 is 0 Å². The van der Waals surface area contributed by atoms with E-state index in [2.05, 4.69) is 193 Å². The third-order valence-corrected chi connectivity index (χ3v) is 11.8. The van der Waals surface area contributed by atoms with E-state index in [0.717, 1.165) is 11.4 Å². The lowest BCUT2D eigenvalue weighted by Crippen LogP contribution is -2.16. The molecular weight excluding hydrogens is 625 g/mol. The SMILES string of the molecule is CC1(C)c2ccccc2-c2ccc(N(c3ccccc3)c3ccc(-c4ccc5c(c4)c4sc6ccccc6c4n5-c4ccccc4)cc3)cc21. The molecule has 0 saturated heterocycles. The first-order chi connectivity index (χ1) is 24.6. The maximum absolute atomic E-state index is 2.44. The van der Waals surface area contributed by atoms with Crippen LogP contribution in [0.15, 0.2) is 170 Å². The Labute approximate surface area is 296 Å². The maximum atomic E-state index is 2.44. The van der Waals surface area contributed by atoms with E-state index in [-0.39, 0.29) is 5.41 Å². The molecule has 50 heavy (non-hydrogen) atoms. The predicted molar refractivity (Wildman–Crippen MR) is 214 cm³/mol. The monoisotopic (exact) mass is 658 g/mol. The lowest BCUT2D eigenvalue weighted by atomic mass is 9.82. The van der Waals surface area contributed by atoms with Crippen LogP contribution < -0.4 is 4.90 Å². The summed E-state index contributed by atoms with van der Waals surface area (Å²) >= 11 is 1.89. The molecule has 0 atom stereocenters. The Balaban J connectivity index is 1.08. The number of hydrogen-bond acceptors (Lipinski definition) is 2. The van der Waals surface area contributed by atoms with Gasteiger partial charge in [0.2, 0.25) is 0 Å². The number of anilines is 3. The third kappa shape index (κ3) is 4.33. The van der Waals surface area contributed by atoms with Crippen LogP contribution in [-0.4, -0.2) is 4.57 Å². The first-order valence-corrected chi connectivity index (χ1v) is 18.1. The van der Waals surface area contributed by atoms with Crippen LogP contribution in [0.2, 0.25) is 0 Å². The zero-order valence-corrected chi connectivity index (χ0v) is 28.8. The lowest BCUT2D eigenvalue weighted by molar-refractivity contribution is 0.660. The van der Waals surface area contributed by atoms with Gasteiger partial charge >= 0.3 is 0 Å². The van der Waals surface area contributed by atoms with Gasteiger partial charge in [0.1, 0.15) is 0 Å². The van der Waals surface area contributed by atoms with Crippen molar-refractivity contribution in [3.63, 3.8) is 0 Å². The number of benzene rings is 7. The summed E-state index contributed by atoms with van der Waals surface area (Å²) in [5, 5.41) is 2.59. The Morgan fingerprint density at radius 1 is 0.500 bits per heavy atom. The summed E-state index contributed by atoms with van der Waals surface area (Å²) in [6, 6.07) is 62.1. The van der Waals surface area contributed by atoms with Crippen molar-refractivity contribution >= 4 is 59.6 Å². The van der Waals surface area contributed by atoms with E-state index in [0.29, 0.717) is 0 Å². The Morgan fingerprint density at radius 3 is 1.96 bits per heavy atom. The van der Waals surface area contributed by atoms with Crippen molar-refractivity contribution in [2.75, 3.05) is 4.90 Å². The average Bonchev–Trinajstić information content (AvgIpc) is 3.77. The van der Waals surface area contributed by atoms with E-state index >= 15 is 0 Å². The summed E-state index contributed by atoms with van der Waals surface area (Å²) in [5.41, 5.74) is 15.0. The highest BCUT2D eigenvalue weighted by atomic mass is 32.1. The minimum absolute atomic E-state index is 0.0634. The van der Waals surface area contributed by atoms with Crippen molar-refractivity contribution in [2.45, 2.75) is 19.3 Å². The highest BCUT2D eigenvalue weighted by Crippen LogP contribution is 2.51. The highest BCUT2D eigenvalue weighted by molar-refractivity contribution is 7.26. The fourth-order valence-corrected chi connectivity index (χ4v) is 9.37. The predicted octanol–water partition coefficient (Wildman–Crippen LogP) is 13.4. The van der Waals surface area contributed by atoms with Crippen LogP contribution in [-0.2, 0) is 5.41 Å². The number of para-hydroxylation sites is 2. The lowest BCUT2D eigenvalue weighted by Gasteiger charge is -2.28. The second-order valence-electron chi connectivity index (χ2n) is 13.8. The van der Waals surface area contributed by atoms with Gasteiger partial charge in [0.15, 0.2) is 0 Å². The molecule has 1 aliphatic carbocycles. The number of fused-ring (bicyclic) bond motifs is 8. The standard InChI is InChI=1S/C47H34N2S/c1-47(2)41-19-11-9-17-37(41)38-27-26-36(30-42(38)47)48(33-13-5-3-6-14-33)35-24-21-31(22-25-35)32-23-28-43-40(29-32)46-45(39-18-10-12-20-44(39)50-46)49(43)34-15-7-4-8-16-34/h3-30H,1-2H3. The van der Waals surface area contributed by atoms with Gasteiger partial charge in [0.25, 0.3) is 0 Å². The largest absolute Gasteiger partial charge is 0.310 e. The van der Waals surface area contributed by atoms with Crippen LogP contribution in [0, 0.1) is 0 Å². The molecule has 2 aromatic heterocycles. The van der Waals surface area contributed by atoms with Crippen LogP contribution in [0.1, 0.15) is 25.0 Å². The molecule has 0 N–H and O–H groups in total. The van der Waals surface area contributed by atoms with Gasteiger partial charge in [-0.3, -0.25) is 0 Å². The van der Waals surface area contributed by atoms with Gasteiger partial charge in [-0.25, -0.2) is 0 Å². The van der Waals surface area contributed by atoms with Gasteiger partial charge in [0.05, 0.1) is 15.7 Å². The summed E-state index contributed by atoms with van der Waals surface area (Å²) in [7, 11) is 0. The van der Waals surface area contributed by atoms with Gasteiger partial charge in [-0.1, -0.05) is 117 Å². The van der Waals surface area contributed by atoms with Crippen LogP contribution in [0.25, 0.3) is 59.1 Å². The van der Waals surface area contributed by atoms with Crippen molar-refractivity contribution in [3.8, 4) is 27.9 Å². The zero-order valence-electron chi connectivity index (χ0n) is 28.0. The smallest absolute Gasteiger partial charge is 0.0727 e. The van der Waals surface area contributed by atoms with Crippen molar-refractivity contribution in [2.24, 2.45) is 0 Å². The molecule has 0 saturated carbocycles. The van der Waals surface area contributed by atoms with E-state index in [4.69, 9.17) is 0 Å². The fraction of sp³-hybridized carbons (Fsp3) is 0.0638. The van der Waals surface area contributed by atoms with Gasteiger partial charge < -0.3 is 9.47 Å². The first-order valence-electron chi connectivity index (χ1n) is 17.3. The summed E-state index contributed by atoms with van der Waals surface area (Å²) in [6.45, 7) is 4.70. The maximum Gasteiger partial charge on any atom is 0.0727 e. The van der Waals surface area contributed by atoms with E-state index < -0.39 is 0 Å². The molecule has 0 radical (unpaired) electrons. The van der Waals surface area contributed by atoms with Crippen molar-refractivity contribution in [1.82, 2.24) is 4.57 Å². The van der Waals surface area contributed by atoms with Crippen LogP contribution in [0.3, 0.4) is 0 Å². The minimum Gasteiger partial charge on any atom is -0.310 e. The van der Waals surface area contributed by atoms with E-state index in [9.17, 15) is 0 Å². The zero-order chi connectivity index (χ0) is 33.4. The topological polar surface area (TPSA) is 8.17 Å². The third-order valence-electron chi connectivity index (χ3n) is 10.6. The van der Waals surface area contributed by atoms with E-state index in [1.54, 1.807) is 0 Å². The minimum atomic E-state index is -0.0634. The van der Waals surface area contributed by atoms with Crippen molar-refractivity contribution in [3.05, 3.63) is 181 Å². The second kappa shape index (κ2) is 11.1. The number of aromatic nitrogens is 1. The molecule has 10 rings (SSSR count). The van der Waals surface area contributed by atoms with Gasteiger partial charge in [0, 0.05) is 43.6 Å². The van der Waals surface area contributed by atoms with E-state index in [1.807, 2.05) is 11.3 Å². The molecule has 0 spiro atoms. The van der Waals surface area contributed by atoms with E-state index in [1.165, 1.54) is 76.0 Å². The van der Waals surface area contributed by atoms with Gasteiger partial charge in [-0.05, 0) is 100 Å². The van der Waals surface area contributed by atoms with Gasteiger partial charge in [-0.2, -0.15) is 0 Å². The van der Waals surface area contributed by atoms with Crippen LogP contribution in [0.5, 0.6) is 0 Å². The quantitative estimate of drug-likeness (QED) is 0.179. The molecule has 3 heteroatoms. The molecule has 238 valence electrons. The summed E-state index contributed by atoms with van der Waals surface area (Å²) < 4.78 is 5.09. The van der Waals surface area contributed by atoms with Crippen LogP contribution >= 0.6 is 11.3 Å². The number of thiophene rings is 1. The molecule has 0 bridgehead atoms. The Kier molecular flexibility index (Phi) is 6.43. The normalized spacial score (nSPS) is 13.2. The molecule has 7 aromatic carbocycles.